The van der Waals surface area contributed by atoms with Gasteiger partial charge in [-0.2, -0.15) is 0 Å². The van der Waals surface area contributed by atoms with E-state index in [9.17, 15) is 14.4 Å². The molecule has 0 heterocycles. The molecule has 7 nitrogen and oxygen atoms in total. The van der Waals surface area contributed by atoms with E-state index in [0.717, 1.165) is 24.8 Å². The van der Waals surface area contributed by atoms with Gasteiger partial charge in [-0.05, 0) is 42.5 Å². The number of ether oxygens (including phenoxy) is 2. The van der Waals surface area contributed by atoms with Gasteiger partial charge in [0.25, 0.3) is 5.91 Å². The maximum Gasteiger partial charge on any atom is 0.331 e. The van der Waals surface area contributed by atoms with Crippen LogP contribution in [0.1, 0.15) is 38.2 Å². The maximum absolute atomic E-state index is 11.9. The highest BCUT2D eigenvalue weighted by Gasteiger charge is 2.23. The van der Waals surface area contributed by atoms with Crippen molar-refractivity contribution in [2.45, 2.75) is 38.6 Å². The number of carbonyl (C=O) groups excluding carboxylic acids is 3. The Balaban J connectivity index is 1.69. The third kappa shape index (κ3) is 7.13. The number of methoxy groups -OCH3 is 1. The first kappa shape index (κ1) is 20.5. The lowest BCUT2D eigenvalue weighted by Gasteiger charge is -2.29. The predicted molar refractivity (Wildman–Crippen MR) is 101 cm³/mol. The average molecular weight is 374 g/mol. The number of nitrogens with one attached hydrogen (secondary N) is 2. The van der Waals surface area contributed by atoms with Crippen molar-refractivity contribution < 1.29 is 23.9 Å². The molecular weight excluding hydrogens is 348 g/mol. The maximum atomic E-state index is 11.9. The zero-order valence-corrected chi connectivity index (χ0v) is 15.7. The monoisotopic (exact) mass is 374 g/mol. The molecule has 2 rings (SSSR count). The number of imide groups is 1. The van der Waals surface area contributed by atoms with E-state index in [4.69, 9.17) is 9.47 Å². The van der Waals surface area contributed by atoms with Gasteiger partial charge < -0.3 is 14.8 Å². The molecule has 1 aliphatic carbocycles. The van der Waals surface area contributed by atoms with Crippen LogP contribution in [0, 0.1) is 5.92 Å². The lowest BCUT2D eigenvalue weighted by atomic mass is 9.86. The number of hydrogen-bond donors (Lipinski definition) is 2. The summed E-state index contributed by atoms with van der Waals surface area (Å²) in [6.07, 6.45) is 7.00. The molecule has 0 bridgehead atoms. The summed E-state index contributed by atoms with van der Waals surface area (Å²) in [4.78, 5) is 35.3. The first-order valence-electron chi connectivity index (χ1n) is 9.07. The molecule has 1 saturated carbocycles. The minimum atomic E-state index is -0.665. The van der Waals surface area contributed by atoms with Crippen LogP contribution in [0.5, 0.6) is 5.75 Å². The van der Waals surface area contributed by atoms with Crippen molar-refractivity contribution in [3.63, 3.8) is 0 Å². The van der Waals surface area contributed by atoms with Gasteiger partial charge in [-0.3, -0.25) is 10.1 Å². The molecule has 7 heteroatoms. The van der Waals surface area contributed by atoms with E-state index in [1.807, 2.05) is 0 Å². The fraction of sp³-hybridized carbons (Fsp3) is 0.450. The van der Waals surface area contributed by atoms with Crippen molar-refractivity contribution >= 4 is 24.0 Å². The van der Waals surface area contributed by atoms with Crippen molar-refractivity contribution in [1.29, 1.82) is 0 Å². The summed E-state index contributed by atoms with van der Waals surface area (Å²) in [5.74, 6) is -0.225. The summed E-state index contributed by atoms with van der Waals surface area (Å²) in [6, 6.07) is 6.62. The normalized spacial score (nSPS) is 19.3. The number of rotatable bonds is 6. The van der Waals surface area contributed by atoms with Crippen LogP contribution in [-0.2, 0) is 14.3 Å². The smallest absolute Gasteiger partial charge is 0.331 e. The van der Waals surface area contributed by atoms with E-state index < -0.39 is 24.5 Å². The highest BCUT2D eigenvalue weighted by molar-refractivity contribution is 5.96. The molecule has 1 fully saturated rings. The van der Waals surface area contributed by atoms with Gasteiger partial charge >= 0.3 is 12.0 Å². The van der Waals surface area contributed by atoms with Crippen molar-refractivity contribution in [3.8, 4) is 5.75 Å². The van der Waals surface area contributed by atoms with Gasteiger partial charge in [-0.15, -0.1) is 0 Å². The second-order valence-electron chi connectivity index (χ2n) is 6.60. The Bertz CT molecular complexity index is 684. The van der Waals surface area contributed by atoms with Crippen LogP contribution in [0.2, 0.25) is 0 Å². The number of amides is 3. The van der Waals surface area contributed by atoms with E-state index >= 15 is 0 Å². The van der Waals surface area contributed by atoms with Crippen molar-refractivity contribution in [2.24, 2.45) is 5.92 Å². The average Bonchev–Trinajstić information content (AvgIpc) is 2.67. The van der Waals surface area contributed by atoms with Crippen LogP contribution in [0.25, 0.3) is 6.08 Å². The zero-order valence-electron chi connectivity index (χ0n) is 15.7. The summed E-state index contributed by atoms with van der Waals surface area (Å²) in [5.41, 5.74) is 0.790. The molecular formula is C20H26N2O5. The Kier molecular flexibility index (Phi) is 7.85. The predicted octanol–water partition coefficient (Wildman–Crippen LogP) is 2.66. The Hall–Kier alpha value is -2.83. The molecule has 0 radical (unpaired) electrons. The molecule has 2 atom stereocenters. The molecule has 1 aromatic carbocycles. The third-order valence-corrected chi connectivity index (χ3v) is 4.55. The Morgan fingerprint density at radius 1 is 1.15 bits per heavy atom. The molecule has 1 aromatic rings. The molecule has 0 spiro atoms. The minimum Gasteiger partial charge on any atom is -0.497 e. The van der Waals surface area contributed by atoms with Crippen molar-refractivity contribution in [3.05, 3.63) is 35.9 Å². The Labute approximate surface area is 159 Å². The van der Waals surface area contributed by atoms with Crippen LogP contribution < -0.4 is 15.4 Å². The van der Waals surface area contributed by atoms with Gasteiger partial charge in [-0.25, -0.2) is 9.59 Å². The highest BCUT2D eigenvalue weighted by Crippen LogP contribution is 2.23. The largest absolute Gasteiger partial charge is 0.497 e. The lowest BCUT2D eigenvalue weighted by Crippen LogP contribution is -2.48. The Morgan fingerprint density at radius 2 is 1.85 bits per heavy atom. The van der Waals surface area contributed by atoms with Crippen molar-refractivity contribution in [1.82, 2.24) is 10.6 Å². The van der Waals surface area contributed by atoms with E-state index in [-0.39, 0.29) is 6.04 Å². The van der Waals surface area contributed by atoms with Gasteiger partial charge in [0.1, 0.15) is 5.75 Å². The van der Waals surface area contributed by atoms with Gasteiger partial charge in [0.2, 0.25) is 0 Å². The number of benzene rings is 1. The summed E-state index contributed by atoms with van der Waals surface area (Å²) in [5, 5.41) is 4.99. The third-order valence-electron chi connectivity index (χ3n) is 4.55. The molecule has 0 aliphatic heterocycles. The number of esters is 1. The first-order chi connectivity index (χ1) is 13.0. The van der Waals surface area contributed by atoms with E-state index in [2.05, 4.69) is 17.6 Å². The molecule has 1 aliphatic rings. The Morgan fingerprint density at radius 3 is 2.52 bits per heavy atom. The van der Waals surface area contributed by atoms with Crippen LogP contribution in [-0.4, -0.2) is 37.7 Å². The highest BCUT2D eigenvalue weighted by atomic mass is 16.5. The standard InChI is InChI=1S/C20H26N2O5/c1-14-5-3-4-6-17(14)21-20(25)22-18(23)13-27-19(24)12-9-15-7-10-16(26-2)11-8-15/h7-12,14,17H,3-6,13H2,1-2H3,(H2,21,22,23,25)/b12-9+/t14-,17-/m1/s1. The number of carbonyl (C=O) groups is 3. The van der Waals surface area contributed by atoms with Crippen LogP contribution in [0.15, 0.2) is 30.3 Å². The van der Waals surface area contributed by atoms with E-state index in [0.29, 0.717) is 11.7 Å². The fourth-order valence-electron chi connectivity index (χ4n) is 2.96. The molecule has 146 valence electrons. The summed E-state index contributed by atoms with van der Waals surface area (Å²) >= 11 is 0. The fourth-order valence-corrected chi connectivity index (χ4v) is 2.96. The van der Waals surface area contributed by atoms with Crippen LogP contribution in [0.3, 0.4) is 0 Å². The molecule has 0 aromatic heterocycles. The van der Waals surface area contributed by atoms with Gasteiger partial charge in [0.15, 0.2) is 6.61 Å². The first-order valence-corrected chi connectivity index (χ1v) is 9.07. The second-order valence-corrected chi connectivity index (χ2v) is 6.60. The van der Waals surface area contributed by atoms with Gasteiger partial charge in [0, 0.05) is 12.1 Å². The number of hydrogen-bond acceptors (Lipinski definition) is 5. The summed E-state index contributed by atoms with van der Waals surface area (Å²) in [7, 11) is 1.57. The van der Waals surface area contributed by atoms with Crippen LogP contribution in [0.4, 0.5) is 4.79 Å². The number of urea groups is 1. The van der Waals surface area contributed by atoms with E-state index in [1.165, 1.54) is 12.5 Å². The molecule has 27 heavy (non-hydrogen) atoms. The van der Waals surface area contributed by atoms with Gasteiger partial charge in [0.05, 0.1) is 7.11 Å². The molecule has 3 amide bonds. The van der Waals surface area contributed by atoms with Crippen LogP contribution >= 0.6 is 0 Å². The topological polar surface area (TPSA) is 93.7 Å². The quantitative estimate of drug-likeness (QED) is 0.590. The molecule has 0 saturated heterocycles. The van der Waals surface area contributed by atoms with Crippen molar-refractivity contribution in [2.75, 3.05) is 13.7 Å². The molecule has 0 unspecified atom stereocenters. The van der Waals surface area contributed by atoms with E-state index in [1.54, 1.807) is 37.5 Å². The molecule has 2 N–H and O–H groups in total. The van der Waals surface area contributed by atoms with Gasteiger partial charge in [-0.1, -0.05) is 31.9 Å². The summed E-state index contributed by atoms with van der Waals surface area (Å²) < 4.78 is 9.89. The second kappa shape index (κ2) is 10.4. The SMILES string of the molecule is COc1ccc(/C=C/C(=O)OCC(=O)NC(=O)N[C@@H]2CCCC[C@H]2C)cc1. The zero-order chi connectivity index (χ0) is 19.6. The summed E-state index contributed by atoms with van der Waals surface area (Å²) in [6.45, 7) is 1.57. The minimum absolute atomic E-state index is 0.0709. The lowest BCUT2D eigenvalue weighted by molar-refractivity contribution is -0.143.